The number of nitrogens with one attached hydrogen (secondary N) is 1. The molecule has 0 saturated carbocycles. The molecule has 1 aliphatic rings. The SMILES string of the molecule is NC(=NCCc1cccc(O)c1)Nc1cccc2c1CCCC2. The lowest BCUT2D eigenvalue weighted by molar-refractivity contribution is 0.474. The smallest absolute Gasteiger partial charge is 0.193 e. The summed E-state index contributed by atoms with van der Waals surface area (Å²) in [4.78, 5) is 4.39. The van der Waals surface area contributed by atoms with Crippen LogP contribution in [0.4, 0.5) is 5.69 Å². The van der Waals surface area contributed by atoms with Gasteiger partial charge in [0.05, 0.1) is 0 Å². The zero-order chi connectivity index (χ0) is 16.1. The molecule has 1 aliphatic carbocycles. The van der Waals surface area contributed by atoms with Crippen molar-refractivity contribution in [3.63, 3.8) is 0 Å². The van der Waals surface area contributed by atoms with E-state index in [2.05, 4.69) is 28.5 Å². The molecule has 0 heterocycles. The Morgan fingerprint density at radius 3 is 2.83 bits per heavy atom. The second-order valence-corrected chi connectivity index (χ2v) is 5.96. The first-order chi connectivity index (χ1) is 11.2. The summed E-state index contributed by atoms with van der Waals surface area (Å²) in [6.45, 7) is 0.595. The number of benzene rings is 2. The minimum Gasteiger partial charge on any atom is -0.508 e. The molecular weight excluding hydrogens is 286 g/mol. The summed E-state index contributed by atoms with van der Waals surface area (Å²) in [5.74, 6) is 0.734. The highest BCUT2D eigenvalue weighted by Crippen LogP contribution is 2.27. The largest absolute Gasteiger partial charge is 0.508 e. The van der Waals surface area contributed by atoms with E-state index in [0.717, 1.165) is 30.5 Å². The number of phenolic OH excluding ortho intramolecular Hbond substituents is 1. The fraction of sp³-hybridized carbons (Fsp3) is 0.316. The molecule has 0 atom stereocenters. The molecule has 4 heteroatoms. The average Bonchev–Trinajstić information content (AvgIpc) is 2.55. The second-order valence-electron chi connectivity index (χ2n) is 5.96. The monoisotopic (exact) mass is 309 g/mol. The van der Waals surface area contributed by atoms with Gasteiger partial charge in [0, 0.05) is 12.2 Å². The number of phenols is 1. The lowest BCUT2D eigenvalue weighted by Gasteiger charge is -2.19. The van der Waals surface area contributed by atoms with E-state index in [9.17, 15) is 5.11 Å². The number of nitrogens with zero attached hydrogens (tertiary/aromatic N) is 1. The topological polar surface area (TPSA) is 70.6 Å². The van der Waals surface area contributed by atoms with Crippen LogP contribution in [0.2, 0.25) is 0 Å². The predicted octanol–water partition coefficient (Wildman–Crippen LogP) is 3.24. The predicted molar refractivity (Wildman–Crippen MR) is 95.0 cm³/mol. The van der Waals surface area contributed by atoms with Crippen molar-refractivity contribution in [2.45, 2.75) is 32.1 Å². The number of aryl methyl sites for hydroxylation is 1. The molecule has 0 spiro atoms. The normalized spacial score (nSPS) is 14.3. The van der Waals surface area contributed by atoms with Crippen LogP contribution < -0.4 is 11.1 Å². The molecule has 0 fully saturated rings. The van der Waals surface area contributed by atoms with Crippen LogP contribution in [0.1, 0.15) is 29.5 Å². The molecule has 2 aromatic rings. The second kappa shape index (κ2) is 7.18. The molecule has 0 aromatic heterocycles. The van der Waals surface area contributed by atoms with Gasteiger partial charge in [-0.25, -0.2) is 0 Å². The summed E-state index contributed by atoms with van der Waals surface area (Å²) in [7, 11) is 0. The summed E-state index contributed by atoms with van der Waals surface area (Å²) < 4.78 is 0. The Morgan fingerprint density at radius 2 is 1.96 bits per heavy atom. The van der Waals surface area contributed by atoms with Crippen LogP contribution in [0, 0.1) is 0 Å². The molecule has 0 saturated heterocycles. The van der Waals surface area contributed by atoms with Gasteiger partial charge in [-0.15, -0.1) is 0 Å². The number of fused-ring (bicyclic) bond motifs is 1. The van der Waals surface area contributed by atoms with Crippen molar-refractivity contribution < 1.29 is 5.11 Å². The van der Waals surface area contributed by atoms with Gasteiger partial charge in [0.2, 0.25) is 0 Å². The molecule has 3 rings (SSSR count). The van der Waals surface area contributed by atoms with E-state index < -0.39 is 0 Å². The van der Waals surface area contributed by atoms with E-state index in [-0.39, 0.29) is 5.75 Å². The Labute approximate surface area is 137 Å². The van der Waals surface area contributed by atoms with Gasteiger partial charge in [0.15, 0.2) is 5.96 Å². The molecule has 120 valence electrons. The van der Waals surface area contributed by atoms with Gasteiger partial charge in [0.1, 0.15) is 5.75 Å². The van der Waals surface area contributed by atoms with Gasteiger partial charge in [-0.2, -0.15) is 0 Å². The number of nitrogens with two attached hydrogens (primary N) is 1. The van der Waals surface area contributed by atoms with Gasteiger partial charge in [-0.05, 0) is 67.0 Å². The number of aromatic hydroxyl groups is 1. The highest BCUT2D eigenvalue weighted by atomic mass is 16.3. The summed E-state index contributed by atoms with van der Waals surface area (Å²) in [5, 5.41) is 12.7. The van der Waals surface area contributed by atoms with E-state index in [1.165, 1.54) is 24.0 Å². The zero-order valence-corrected chi connectivity index (χ0v) is 13.3. The number of hydrogen-bond acceptors (Lipinski definition) is 2. The van der Waals surface area contributed by atoms with Crippen molar-refractivity contribution in [3.8, 4) is 5.75 Å². The van der Waals surface area contributed by atoms with Gasteiger partial charge in [-0.1, -0.05) is 24.3 Å². The highest BCUT2D eigenvalue weighted by molar-refractivity contribution is 5.93. The molecule has 2 aromatic carbocycles. The first-order valence-corrected chi connectivity index (χ1v) is 8.18. The number of rotatable bonds is 4. The lowest BCUT2D eigenvalue weighted by Crippen LogP contribution is -2.24. The maximum atomic E-state index is 9.46. The highest BCUT2D eigenvalue weighted by Gasteiger charge is 2.12. The Bertz CT molecular complexity index is 710. The first kappa shape index (κ1) is 15.4. The molecule has 0 radical (unpaired) electrons. The third kappa shape index (κ3) is 4.03. The minimum absolute atomic E-state index is 0.286. The summed E-state index contributed by atoms with van der Waals surface area (Å²) >= 11 is 0. The van der Waals surface area contributed by atoms with E-state index in [1.807, 2.05) is 12.1 Å². The molecule has 0 unspecified atom stereocenters. The molecule has 0 bridgehead atoms. The maximum Gasteiger partial charge on any atom is 0.193 e. The van der Waals surface area contributed by atoms with Crippen molar-refractivity contribution in [3.05, 3.63) is 59.2 Å². The third-order valence-electron chi connectivity index (χ3n) is 4.25. The molecule has 23 heavy (non-hydrogen) atoms. The van der Waals surface area contributed by atoms with Gasteiger partial charge >= 0.3 is 0 Å². The Hall–Kier alpha value is -2.49. The van der Waals surface area contributed by atoms with E-state index in [1.54, 1.807) is 12.1 Å². The van der Waals surface area contributed by atoms with Gasteiger partial charge < -0.3 is 16.2 Å². The Balaban J connectivity index is 1.61. The quantitative estimate of drug-likeness (QED) is 0.600. The molecule has 4 nitrogen and oxygen atoms in total. The van der Waals surface area contributed by atoms with Crippen LogP contribution in [0.5, 0.6) is 5.75 Å². The van der Waals surface area contributed by atoms with E-state index >= 15 is 0 Å². The van der Waals surface area contributed by atoms with Crippen molar-refractivity contribution >= 4 is 11.6 Å². The third-order valence-corrected chi connectivity index (χ3v) is 4.25. The summed E-state index contributed by atoms with van der Waals surface area (Å²) in [6.07, 6.45) is 5.52. The van der Waals surface area contributed by atoms with Crippen molar-refractivity contribution in [1.29, 1.82) is 0 Å². The van der Waals surface area contributed by atoms with Crippen molar-refractivity contribution in [2.24, 2.45) is 10.7 Å². The van der Waals surface area contributed by atoms with Crippen LogP contribution in [0.3, 0.4) is 0 Å². The fourth-order valence-corrected chi connectivity index (χ4v) is 3.09. The zero-order valence-electron chi connectivity index (χ0n) is 13.3. The standard InChI is InChI=1S/C19H23N3O/c20-19(21-12-11-14-5-3-8-16(23)13-14)22-18-10-4-7-15-6-1-2-9-17(15)18/h3-5,7-8,10,13,23H,1-2,6,9,11-12H2,(H3,20,21,22). The summed E-state index contributed by atoms with van der Waals surface area (Å²) in [6, 6.07) is 13.6. The Morgan fingerprint density at radius 1 is 1.13 bits per heavy atom. The Kier molecular flexibility index (Phi) is 4.81. The van der Waals surface area contributed by atoms with Crippen LogP contribution in [0.25, 0.3) is 0 Å². The van der Waals surface area contributed by atoms with Gasteiger partial charge in [0.25, 0.3) is 0 Å². The minimum atomic E-state index is 0.286. The average molecular weight is 309 g/mol. The van der Waals surface area contributed by atoms with Crippen LogP contribution in [-0.4, -0.2) is 17.6 Å². The van der Waals surface area contributed by atoms with Crippen LogP contribution in [-0.2, 0) is 19.3 Å². The molecular formula is C19H23N3O. The number of anilines is 1. The van der Waals surface area contributed by atoms with Crippen LogP contribution >= 0.6 is 0 Å². The van der Waals surface area contributed by atoms with E-state index in [0.29, 0.717) is 12.5 Å². The first-order valence-electron chi connectivity index (χ1n) is 8.18. The number of hydrogen-bond donors (Lipinski definition) is 3. The molecule has 0 amide bonds. The van der Waals surface area contributed by atoms with E-state index in [4.69, 9.17) is 5.73 Å². The number of guanidine groups is 1. The van der Waals surface area contributed by atoms with Crippen molar-refractivity contribution in [1.82, 2.24) is 0 Å². The van der Waals surface area contributed by atoms with Crippen LogP contribution in [0.15, 0.2) is 47.5 Å². The fourth-order valence-electron chi connectivity index (χ4n) is 3.09. The molecule has 0 aliphatic heterocycles. The van der Waals surface area contributed by atoms with Crippen molar-refractivity contribution in [2.75, 3.05) is 11.9 Å². The summed E-state index contributed by atoms with van der Waals surface area (Å²) in [5.41, 5.74) is 11.0. The molecule has 4 N–H and O–H groups in total. The lowest BCUT2D eigenvalue weighted by atomic mass is 9.90. The maximum absolute atomic E-state index is 9.46. The van der Waals surface area contributed by atoms with Gasteiger partial charge in [-0.3, -0.25) is 4.99 Å². The number of aliphatic imine (C=N–C) groups is 1.